The quantitative estimate of drug-likeness (QED) is 0.440. The summed E-state index contributed by atoms with van der Waals surface area (Å²) in [5.41, 5.74) is 5.83. The third-order valence-corrected chi connectivity index (χ3v) is 7.35. The molecule has 2 aliphatic heterocycles. The molecule has 0 fully saturated rings. The number of rotatable bonds is 3. The van der Waals surface area contributed by atoms with Gasteiger partial charge in [-0.15, -0.1) is 0 Å². The molecule has 0 amide bonds. The Morgan fingerprint density at radius 2 is 1.94 bits per heavy atom. The van der Waals surface area contributed by atoms with Crippen molar-refractivity contribution < 1.29 is 13.5 Å². The van der Waals surface area contributed by atoms with Gasteiger partial charge in [-0.05, 0) is 73.5 Å². The molecule has 3 aromatic carbocycles. The van der Waals surface area contributed by atoms with Crippen molar-refractivity contribution in [3.8, 4) is 34.2 Å². The van der Waals surface area contributed by atoms with Crippen LogP contribution < -0.4 is 10.1 Å². The van der Waals surface area contributed by atoms with Crippen LogP contribution in [0.15, 0.2) is 30.3 Å². The second kappa shape index (κ2) is 8.70. The predicted molar refractivity (Wildman–Crippen MR) is 134 cm³/mol. The van der Waals surface area contributed by atoms with Gasteiger partial charge in [0.15, 0.2) is 0 Å². The first kappa shape index (κ1) is 22.7. The van der Waals surface area contributed by atoms with Gasteiger partial charge < -0.3 is 15.0 Å². The summed E-state index contributed by atoms with van der Waals surface area (Å²) in [6.07, 6.45) is 1.47. The molecule has 0 saturated heterocycles. The van der Waals surface area contributed by atoms with E-state index in [-0.39, 0.29) is 16.7 Å². The number of halogens is 2. The number of methoxy groups -OCH3 is 1. The molecule has 6 nitrogen and oxygen atoms in total. The number of nitrogens with zero attached hydrogens (tertiary/aromatic N) is 3. The van der Waals surface area contributed by atoms with Gasteiger partial charge in [0.1, 0.15) is 23.1 Å². The average Bonchev–Trinajstić information content (AvgIpc) is 3.30. The van der Waals surface area contributed by atoms with Gasteiger partial charge in [0.2, 0.25) is 0 Å². The first-order chi connectivity index (χ1) is 17.5. The van der Waals surface area contributed by atoms with Crippen LogP contribution in [0.3, 0.4) is 0 Å². The van der Waals surface area contributed by atoms with Crippen LogP contribution in [0.25, 0.3) is 33.3 Å². The number of H-pyrrole nitrogens is 1. The number of nitrogens with one attached hydrogen (secondary N) is 2. The Bertz CT molecular complexity index is 1570. The van der Waals surface area contributed by atoms with Gasteiger partial charge in [0.05, 0.1) is 29.8 Å². The van der Waals surface area contributed by atoms with Crippen molar-refractivity contribution in [2.24, 2.45) is 0 Å². The number of ether oxygens (including phenoxy) is 1. The molecule has 0 unspecified atom stereocenters. The monoisotopic (exact) mass is 485 g/mol. The molecular formula is C28H25F2N5O. The predicted octanol–water partition coefficient (Wildman–Crippen LogP) is 4.69. The number of fused-ring (bicyclic) bond motifs is 3. The molecular weight excluding hydrogens is 460 g/mol. The van der Waals surface area contributed by atoms with E-state index < -0.39 is 11.6 Å². The summed E-state index contributed by atoms with van der Waals surface area (Å²) in [5, 5.41) is 21.2. The number of aromatic nitrogens is 2. The molecule has 1 aromatic heterocycles. The summed E-state index contributed by atoms with van der Waals surface area (Å²) < 4.78 is 36.7. The minimum atomic E-state index is -0.660. The van der Waals surface area contributed by atoms with Crippen LogP contribution in [0.5, 0.6) is 5.75 Å². The number of hydrogen-bond acceptors (Lipinski definition) is 5. The largest absolute Gasteiger partial charge is 0.496 e. The number of benzene rings is 3. The SMILES string of the molecule is COc1cc(-c2n[nH]c3cc(C#N)c(-c4c(F)cc5c(c4F)CNCC5)cc23)cc2c1CCN(C)C2. The first-order valence-electron chi connectivity index (χ1n) is 12.0. The average molecular weight is 486 g/mol. The summed E-state index contributed by atoms with van der Waals surface area (Å²) >= 11 is 0. The van der Waals surface area contributed by atoms with Crippen molar-refractivity contribution in [3.63, 3.8) is 0 Å². The Kier molecular flexibility index (Phi) is 5.47. The van der Waals surface area contributed by atoms with Crippen LogP contribution in [0.1, 0.15) is 27.8 Å². The zero-order valence-corrected chi connectivity index (χ0v) is 20.1. The molecule has 8 heteroatoms. The Balaban J connectivity index is 1.56. The highest BCUT2D eigenvalue weighted by molar-refractivity contribution is 5.98. The molecule has 0 spiro atoms. The lowest BCUT2D eigenvalue weighted by molar-refractivity contribution is 0.306. The van der Waals surface area contributed by atoms with Crippen LogP contribution in [0.2, 0.25) is 0 Å². The highest BCUT2D eigenvalue weighted by Crippen LogP contribution is 2.39. The second-order valence-corrected chi connectivity index (χ2v) is 9.54. The van der Waals surface area contributed by atoms with Gasteiger partial charge in [0, 0.05) is 41.7 Å². The molecule has 2 aliphatic rings. The molecule has 6 rings (SSSR count). The van der Waals surface area contributed by atoms with E-state index in [2.05, 4.69) is 39.6 Å². The van der Waals surface area contributed by atoms with Crippen molar-refractivity contribution in [2.75, 3.05) is 27.2 Å². The van der Waals surface area contributed by atoms with Crippen LogP contribution >= 0.6 is 0 Å². The van der Waals surface area contributed by atoms with E-state index in [1.54, 1.807) is 19.2 Å². The van der Waals surface area contributed by atoms with Gasteiger partial charge in [0.25, 0.3) is 0 Å². The molecule has 0 saturated carbocycles. The van der Waals surface area contributed by atoms with Crippen molar-refractivity contribution in [3.05, 3.63) is 69.8 Å². The summed E-state index contributed by atoms with van der Waals surface area (Å²) in [5.74, 6) is -0.469. The fraction of sp³-hybridized carbons (Fsp3) is 0.286. The van der Waals surface area contributed by atoms with Crippen molar-refractivity contribution >= 4 is 10.9 Å². The number of aromatic amines is 1. The van der Waals surface area contributed by atoms with Crippen LogP contribution in [-0.4, -0.2) is 42.3 Å². The third-order valence-electron chi connectivity index (χ3n) is 7.35. The van der Waals surface area contributed by atoms with Gasteiger partial charge in [-0.3, -0.25) is 5.10 Å². The third kappa shape index (κ3) is 3.55. The van der Waals surface area contributed by atoms with E-state index in [0.29, 0.717) is 47.2 Å². The molecule has 182 valence electrons. The van der Waals surface area contributed by atoms with Gasteiger partial charge in [-0.2, -0.15) is 10.4 Å². The van der Waals surface area contributed by atoms with Crippen molar-refractivity contribution in [1.82, 2.24) is 20.4 Å². The van der Waals surface area contributed by atoms with Gasteiger partial charge in [-0.1, -0.05) is 0 Å². The van der Waals surface area contributed by atoms with Gasteiger partial charge >= 0.3 is 0 Å². The normalized spacial score (nSPS) is 15.4. The highest BCUT2D eigenvalue weighted by Gasteiger charge is 2.25. The second-order valence-electron chi connectivity index (χ2n) is 9.54. The lowest BCUT2D eigenvalue weighted by atomic mass is 9.90. The number of hydrogen-bond donors (Lipinski definition) is 2. The van der Waals surface area contributed by atoms with E-state index in [1.165, 1.54) is 17.2 Å². The Labute approximate surface area is 207 Å². The zero-order chi connectivity index (χ0) is 25.0. The number of nitriles is 1. The van der Waals surface area contributed by atoms with E-state index in [9.17, 15) is 5.26 Å². The molecule has 4 aromatic rings. The van der Waals surface area contributed by atoms with Crippen molar-refractivity contribution in [1.29, 1.82) is 5.26 Å². The maximum absolute atomic E-state index is 15.7. The summed E-state index contributed by atoms with van der Waals surface area (Å²) in [6.45, 7) is 2.77. The van der Waals surface area contributed by atoms with E-state index in [0.717, 1.165) is 30.8 Å². The summed E-state index contributed by atoms with van der Waals surface area (Å²) in [7, 11) is 3.74. The number of likely N-dealkylation sites (N-methyl/N-ethyl adjacent to an activating group) is 1. The molecule has 36 heavy (non-hydrogen) atoms. The van der Waals surface area contributed by atoms with Crippen LogP contribution in [0, 0.1) is 23.0 Å². The van der Waals surface area contributed by atoms with E-state index in [4.69, 9.17) is 4.74 Å². The smallest absolute Gasteiger partial charge is 0.138 e. The highest BCUT2D eigenvalue weighted by atomic mass is 19.1. The fourth-order valence-corrected chi connectivity index (χ4v) is 5.51. The Morgan fingerprint density at radius 1 is 1.08 bits per heavy atom. The standard InChI is InChI=1S/C28H25F2N5O/c1-35-6-4-19-18(14-35)7-16(10-25(19)36-2)28-21-11-20(17(12-31)9-24(21)33-34-28)26-23(29)8-15-3-5-32-13-22(15)27(26)30/h7-11,32H,3-6,13-14H2,1-2H3,(H,33,34). The first-order valence-corrected chi connectivity index (χ1v) is 12.0. The van der Waals surface area contributed by atoms with Crippen molar-refractivity contribution in [2.45, 2.75) is 25.9 Å². The Hall–Kier alpha value is -3.80. The van der Waals surface area contributed by atoms with E-state index >= 15 is 8.78 Å². The van der Waals surface area contributed by atoms with Crippen LogP contribution in [0.4, 0.5) is 8.78 Å². The maximum atomic E-state index is 15.7. The molecule has 3 heterocycles. The van der Waals surface area contributed by atoms with E-state index in [1.807, 2.05) is 6.07 Å². The maximum Gasteiger partial charge on any atom is 0.138 e. The molecule has 0 atom stereocenters. The fourth-order valence-electron chi connectivity index (χ4n) is 5.51. The minimum absolute atomic E-state index is 0.173. The lowest BCUT2D eigenvalue weighted by Crippen LogP contribution is -2.26. The Morgan fingerprint density at radius 3 is 2.75 bits per heavy atom. The molecule has 2 N–H and O–H groups in total. The minimum Gasteiger partial charge on any atom is -0.496 e. The zero-order valence-electron chi connectivity index (χ0n) is 20.1. The van der Waals surface area contributed by atoms with Crippen LogP contribution in [-0.2, 0) is 25.9 Å². The topological polar surface area (TPSA) is 77.0 Å². The summed E-state index contributed by atoms with van der Waals surface area (Å²) in [4.78, 5) is 2.25. The molecule has 0 radical (unpaired) electrons. The molecule has 0 aliphatic carbocycles. The molecule has 0 bridgehead atoms. The van der Waals surface area contributed by atoms with Gasteiger partial charge in [-0.25, -0.2) is 8.78 Å². The lowest BCUT2D eigenvalue weighted by Gasteiger charge is -2.27. The summed E-state index contributed by atoms with van der Waals surface area (Å²) in [6, 6.07) is 10.9.